The van der Waals surface area contributed by atoms with Crippen molar-refractivity contribution < 1.29 is 27.4 Å². The molecule has 0 bridgehead atoms. The highest BCUT2D eigenvalue weighted by molar-refractivity contribution is 7.90. The second kappa shape index (κ2) is 10.5. The van der Waals surface area contributed by atoms with Gasteiger partial charge in [0.1, 0.15) is 22.1 Å². The van der Waals surface area contributed by atoms with Crippen LogP contribution in [0.25, 0.3) is 0 Å². The molecule has 1 aliphatic rings. The van der Waals surface area contributed by atoms with Crippen LogP contribution in [0.4, 0.5) is 5.69 Å². The van der Waals surface area contributed by atoms with E-state index in [0.717, 1.165) is 11.4 Å². The third kappa shape index (κ3) is 4.83. The number of amides is 1. The fraction of sp³-hybridized carbons (Fsp3) is 0.296. The second-order valence-corrected chi connectivity index (χ2v) is 10.2. The molecule has 8 nitrogen and oxygen atoms in total. The van der Waals surface area contributed by atoms with Crippen molar-refractivity contribution >= 4 is 21.6 Å². The number of rotatable bonds is 8. The van der Waals surface area contributed by atoms with Crippen LogP contribution in [0.5, 0.6) is 17.2 Å². The lowest BCUT2D eigenvalue weighted by Gasteiger charge is -2.42. The van der Waals surface area contributed by atoms with Gasteiger partial charge in [0.05, 0.1) is 32.4 Å². The maximum atomic E-state index is 13.9. The fourth-order valence-corrected chi connectivity index (χ4v) is 5.93. The minimum Gasteiger partial charge on any atom is -0.497 e. The second-order valence-electron chi connectivity index (χ2n) is 8.56. The summed E-state index contributed by atoms with van der Waals surface area (Å²) in [4.78, 5) is 15.9. The van der Waals surface area contributed by atoms with Crippen LogP contribution in [0.1, 0.15) is 18.4 Å². The Morgan fingerprint density at radius 2 is 1.47 bits per heavy atom. The Morgan fingerprint density at radius 3 is 2.14 bits per heavy atom. The number of carbonyl (C=O) groups is 1. The van der Waals surface area contributed by atoms with Crippen molar-refractivity contribution in [3.05, 3.63) is 78.4 Å². The lowest BCUT2D eigenvalue weighted by Crippen LogP contribution is -2.53. The quantitative estimate of drug-likeness (QED) is 0.493. The molecule has 1 heterocycles. The molecule has 1 saturated heterocycles. The SMILES string of the molecule is COc1cccc(C2(C(=O)NS(=O)(=O)c3ccccc3OC)CCN(c3ccccc3OC)CC2)c1. The average molecular weight is 511 g/mol. The van der Waals surface area contributed by atoms with Gasteiger partial charge < -0.3 is 19.1 Å². The predicted octanol–water partition coefficient (Wildman–Crippen LogP) is 3.76. The predicted molar refractivity (Wildman–Crippen MR) is 137 cm³/mol. The molecule has 36 heavy (non-hydrogen) atoms. The van der Waals surface area contributed by atoms with E-state index in [1.807, 2.05) is 36.4 Å². The summed E-state index contributed by atoms with van der Waals surface area (Å²) in [5, 5.41) is 0. The van der Waals surface area contributed by atoms with Crippen molar-refractivity contribution in [2.45, 2.75) is 23.2 Å². The van der Waals surface area contributed by atoms with Crippen molar-refractivity contribution in [3.63, 3.8) is 0 Å². The number of carbonyl (C=O) groups excluding carboxylic acids is 1. The summed E-state index contributed by atoms with van der Waals surface area (Å²) < 4.78 is 45.0. The van der Waals surface area contributed by atoms with Crippen molar-refractivity contribution in [1.82, 2.24) is 4.72 Å². The van der Waals surface area contributed by atoms with Crippen molar-refractivity contribution in [1.29, 1.82) is 0 Å². The molecule has 0 aliphatic carbocycles. The smallest absolute Gasteiger partial charge is 0.267 e. The van der Waals surface area contributed by atoms with Gasteiger partial charge in [-0.2, -0.15) is 0 Å². The summed E-state index contributed by atoms with van der Waals surface area (Å²) >= 11 is 0. The molecular formula is C27H30N2O6S. The molecule has 190 valence electrons. The van der Waals surface area contributed by atoms with E-state index in [9.17, 15) is 13.2 Å². The van der Waals surface area contributed by atoms with Crippen LogP contribution in [0.15, 0.2) is 77.7 Å². The number of para-hydroxylation sites is 3. The highest BCUT2D eigenvalue weighted by atomic mass is 32.2. The molecule has 0 radical (unpaired) electrons. The molecule has 0 unspecified atom stereocenters. The molecule has 0 atom stereocenters. The summed E-state index contributed by atoms with van der Waals surface area (Å²) in [6.07, 6.45) is 0.789. The van der Waals surface area contributed by atoms with Crippen LogP contribution in [0.2, 0.25) is 0 Å². The number of hydrogen-bond donors (Lipinski definition) is 1. The van der Waals surface area contributed by atoms with Gasteiger partial charge in [0, 0.05) is 13.1 Å². The van der Waals surface area contributed by atoms with Gasteiger partial charge in [-0.05, 0) is 54.8 Å². The molecule has 1 amide bonds. The van der Waals surface area contributed by atoms with Crippen LogP contribution in [-0.2, 0) is 20.2 Å². The Bertz CT molecular complexity index is 1330. The van der Waals surface area contributed by atoms with Gasteiger partial charge in [-0.25, -0.2) is 13.1 Å². The van der Waals surface area contributed by atoms with E-state index in [1.165, 1.54) is 13.2 Å². The number of benzene rings is 3. The molecule has 3 aromatic carbocycles. The van der Waals surface area contributed by atoms with E-state index in [4.69, 9.17) is 14.2 Å². The first kappa shape index (κ1) is 25.4. The van der Waals surface area contributed by atoms with Gasteiger partial charge >= 0.3 is 0 Å². The number of nitrogens with one attached hydrogen (secondary N) is 1. The molecule has 3 aromatic rings. The zero-order valence-electron chi connectivity index (χ0n) is 20.6. The summed E-state index contributed by atoms with van der Waals surface area (Å²) in [6, 6.07) is 21.2. The summed E-state index contributed by atoms with van der Waals surface area (Å²) in [5.41, 5.74) is 0.554. The first-order chi connectivity index (χ1) is 17.3. The van der Waals surface area contributed by atoms with Gasteiger partial charge in [-0.1, -0.05) is 36.4 Å². The van der Waals surface area contributed by atoms with Crippen molar-refractivity contribution in [2.75, 3.05) is 39.3 Å². The molecule has 9 heteroatoms. The minimum absolute atomic E-state index is 0.0897. The number of sulfonamides is 1. The summed E-state index contributed by atoms with van der Waals surface area (Å²) in [5.74, 6) is 0.926. The molecule has 1 fully saturated rings. The summed E-state index contributed by atoms with van der Waals surface area (Å²) in [7, 11) is 0.394. The Labute approximate surface area is 211 Å². The van der Waals surface area contributed by atoms with Crippen LogP contribution in [0, 0.1) is 0 Å². The number of nitrogens with zero attached hydrogens (tertiary/aromatic N) is 1. The van der Waals surface area contributed by atoms with Crippen LogP contribution < -0.4 is 23.8 Å². The molecule has 0 aromatic heterocycles. The van der Waals surface area contributed by atoms with Crippen LogP contribution in [0.3, 0.4) is 0 Å². The standard InChI is InChI=1S/C27H30N2O6S/c1-33-21-10-8-9-20(19-21)27(15-17-29(18-16-27)22-11-4-5-12-23(22)34-2)26(30)28-36(31,32)25-14-7-6-13-24(25)35-3/h4-14,19H,15-18H2,1-3H3,(H,28,30). The number of hydrogen-bond acceptors (Lipinski definition) is 7. The summed E-state index contributed by atoms with van der Waals surface area (Å²) in [6.45, 7) is 1.05. The van der Waals surface area contributed by atoms with Gasteiger partial charge in [0.15, 0.2) is 0 Å². The van der Waals surface area contributed by atoms with E-state index in [-0.39, 0.29) is 10.6 Å². The third-order valence-corrected chi connectivity index (χ3v) is 8.06. The lowest BCUT2D eigenvalue weighted by atomic mass is 9.72. The van der Waals surface area contributed by atoms with Gasteiger partial charge in [0.25, 0.3) is 10.0 Å². The number of piperidine rings is 1. The highest BCUT2D eigenvalue weighted by Crippen LogP contribution is 2.40. The van der Waals surface area contributed by atoms with E-state index in [0.29, 0.717) is 37.2 Å². The first-order valence-electron chi connectivity index (χ1n) is 11.6. The van der Waals surface area contributed by atoms with Crippen LogP contribution in [-0.4, -0.2) is 48.7 Å². The minimum atomic E-state index is -4.18. The lowest BCUT2D eigenvalue weighted by molar-refractivity contribution is -0.125. The molecular weight excluding hydrogens is 480 g/mol. The topological polar surface area (TPSA) is 94.2 Å². The first-order valence-corrected chi connectivity index (χ1v) is 13.1. The fourth-order valence-electron chi connectivity index (χ4n) is 4.70. The maximum Gasteiger partial charge on any atom is 0.267 e. The Hall–Kier alpha value is -3.72. The normalized spacial score (nSPS) is 15.1. The largest absolute Gasteiger partial charge is 0.497 e. The average Bonchev–Trinajstić information content (AvgIpc) is 2.92. The van der Waals surface area contributed by atoms with Gasteiger partial charge in [-0.15, -0.1) is 0 Å². The number of methoxy groups -OCH3 is 3. The van der Waals surface area contributed by atoms with Crippen molar-refractivity contribution in [2.24, 2.45) is 0 Å². The number of anilines is 1. The Kier molecular flexibility index (Phi) is 7.40. The van der Waals surface area contributed by atoms with Crippen molar-refractivity contribution in [3.8, 4) is 17.2 Å². The molecule has 0 spiro atoms. The zero-order chi connectivity index (χ0) is 25.8. The molecule has 1 N–H and O–H groups in total. The van der Waals surface area contributed by atoms with E-state index in [2.05, 4.69) is 9.62 Å². The Balaban J connectivity index is 1.69. The maximum absolute atomic E-state index is 13.9. The van der Waals surface area contributed by atoms with Gasteiger partial charge in [-0.3, -0.25) is 4.79 Å². The van der Waals surface area contributed by atoms with E-state index >= 15 is 0 Å². The molecule has 1 aliphatic heterocycles. The zero-order valence-corrected chi connectivity index (χ0v) is 21.4. The number of ether oxygens (including phenoxy) is 3. The monoisotopic (exact) mass is 510 g/mol. The van der Waals surface area contributed by atoms with E-state index in [1.54, 1.807) is 44.6 Å². The molecule has 4 rings (SSSR count). The van der Waals surface area contributed by atoms with Gasteiger partial charge in [0.2, 0.25) is 5.91 Å². The van der Waals surface area contributed by atoms with E-state index < -0.39 is 21.3 Å². The highest BCUT2D eigenvalue weighted by Gasteiger charge is 2.45. The molecule has 0 saturated carbocycles. The Morgan fingerprint density at radius 1 is 0.833 bits per heavy atom. The third-order valence-electron chi connectivity index (χ3n) is 6.69. The van der Waals surface area contributed by atoms with Crippen LogP contribution >= 0.6 is 0 Å².